The van der Waals surface area contributed by atoms with Crippen LogP contribution in [0.2, 0.25) is 0 Å². The zero-order valence-corrected chi connectivity index (χ0v) is 8.24. The van der Waals surface area contributed by atoms with Gasteiger partial charge in [-0.1, -0.05) is 0 Å². The lowest BCUT2D eigenvalue weighted by molar-refractivity contribution is -0.0934. The molecule has 0 aromatic heterocycles. The van der Waals surface area contributed by atoms with Crippen molar-refractivity contribution in [2.45, 2.75) is 6.42 Å². The summed E-state index contributed by atoms with van der Waals surface area (Å²) in [5.74, 6) is 0. The molecule has 14 heavy (non-hydrogen) atoms. The Morgan fingerprint density at radius 3 is 2.71 bits per heavy atom. The largest absolute Gasteiger partial charge is 0.429 e. The van der Waals surface area contributed by atoms with Gasteiger partial charge in [0.05, 0.1) is 0 Å². The Morgan fingerprint density at radius 2 is 2.07 bits per heavy atom. The van der Waals surface area contributed by atoms with Gasteiger partial charge in [0.15, 0.2) is 0 Å². The Morgan fingerprint density at radius 1 is 1.29 bits per heavy atom. The van der Waals surface area contributed by atoms with Crippen molar-refractivity contribution in [3.05, 3.63) is 6.42 Å². The Hall–Kier alpha value is -0.810. The summed E-state index contributed by atoms with van der Waals surface area (Å²) in [6.45, 7) is 4.81. The van der Waals surface area contributed by atoms with E-state index >= 15 is 0 Å². The van der Waals surface area contributed by atoms with Gasteiger partial charge in [-0.15, -0.1) is 5.06 Å². The first kappa shape index (κ1) is 9.73. The molecule has 5 heteroatoms. The van der Waals surface area contributed by atoms with Crippen LogP contribution in [0.25, 0.3) is 0 Å². The van der Waals surface area contributed by atoms with Gasteiger partial charge in [0.1, 0.15) is 0 Å². The fourth-order valence-electron chi connectivity index (χ4n) is 1.66. The Kier molecular flexibility index (Phi) is 3.21. The molecule has 79 valence electrons. The maximum Gasteiger partial charge on any atom is 0.429 e. The minimum atomic E-state index is -0.207. The predicted molar refractivity (Wildman–Crippen MR) is 51.4 cm³/mol. The second-order valence-corrected chi connectivity index (χ2v) is 3.56. The number of piperazine rings is 1. The van der Waals surface area contributed by atoms with Gasteiger partial charge < -0.3 is 15.1 Å². The van der Waals surface area contributed by atoms with Crippen molar-refractivity contribution in [2.75, 3.05) is 39.3 Å². The summed E-state index contributed by atoms with van der Waals surface area (Å²) >= 11 is 0. The maximum absolute atomic E-state index is 11.6. The van der Waals surface area contributed by atoms with E-state index in [2.05, 4.69) is 11.7 Å². The van der Waals surface area contributed by atoms with Crippen molar-refractivity contribution in [2.24, 2.45) is 0 Å². The molecule has 2 saturated heterocycles. The van der Waals surface area contributed by atoms with Gasteiger partial charge in [0.2, 0.25) is 0 Å². The molecule has 0 aromatic rings. The number of rotatable bonds is 1. The fraction of sp³-hybridized carbons (Fsp3) is 0.778. The van der Waals surface area contributed by atoms with E-state index in [0.717, 1.165) is 45.7 Å². The van der Waals surface area contributed by atoms with Gasteiger partial charge in [0, 0.05) is 39.3 Å². The molecule has 0 spiro atoms. The highest BCUT2D eigenvalue weighted by Gasteiger charge is 2.22. The van der Waals surface area contributed by atoms with E-state index in [-0.39, 0.29) is 6.09 Å². The number of carbonyl (C=O) groups is 1. The summed E-state index contributed by atoms with van der Waals surface area (Å²) in [5, 5.41) is 4.91. The van der Waals surface area contributed by atoms with Crippen LogP contribution in [0.1, 0.15) is 6.42 Å². The molecule has 2 aliphatic rings. The second kappa shape index (κ2) is 4.61. The van der Waals surface area contributed by atoms with Crippen LogP contribution in [0.15, 0.2) is 0 Å². The fourth-order valence-corrected chi connectivity index (χ4v) is 1.66. The third kappa shape index (κ3) is 2.36. The standard InChI is InChI=1S/C9H16N3O2/c13-9(11-7-3-10-4-8-11)14-12-5-1-2-6-12/h1,10H,2-8H2. The summed E-state index contributed by atoms with van der Waals surface area (Å²) in [6.07, 6.45) is 2.92. The van der Waals surface area contributed by atoms with E-state index in [1.807, 2.05) is 0 Å². The topological polar surface area (TPSA) is 44.8 Å². The third-order valence-electron chi connectivity index (χ3n) is 2.50. The minimum absolute atomic E-state index is 0.207. The molecule has 0 bridgehead atoms. The second-order valence-electron chi connectivity index (χ2n) is 3.56. The molecule has 0 atom stereocenters. The molecule has 2 heterocycles. The highest BCUT2D eigenvalue weighted by Crippen LogP contribution is 2.08. The van der Waals surface area contributed by atoms with Crippen molar-refractivity contribution in [1.29, 1.82) is 0 Å². The monoisotopic (exact) mass is 198 g/mol. The van der Waals surface area contributed by atoms with Crippen molar-refractivity contribution in [3.8, 4) is 0 Å². The number of amides is 1. The van der Waals surface area contributed by atoms with Crippen LogP contribution in [0.3, 0.4) is 0 Å². The number of hydrogen-bond acceptors (Lipinski definition) is 4. The lowest BCUT2D eigenvalue weighted by Crippen LogP contribution is -2.47. The van der Waals surface area contributed by atoms with Gasteiger partial charge in [-0.3, -0.25) is 0 Å². The average molecular weight is 198 g/mol. The Bertz CT molecular complexity index is 198. The van der Waals surface area contributed by atoms with E-state index in [0.29, 0.717) is 0 Å². The van der Waals surface area contributed by atoms with Gasteiger partial charge in [-0.25, -0.2) is 4.79 Å². The van der Waals surface area contributed by atoms with Gasteiger partial charge in [0.25, 0.3) is 0 Å². The lowest BCUT2D eigenvalue weighted by Gasteiger charge is -2.28. The molecular weight excluding hydrogens is 182 g/mol. The maximum atomic E-state index is 11.6. The van der Waals surface area contributed by atoms with Crippen LogP contribution >= 0.6 is 0 Å². The van der Waals surface area contributed by atoms with Crippen LogP contribution in [-0.2, 0) is 4.84 Å². The van der Waals surface area contributed by atoms with E-state index in [1.54, 1.807) is 9.96 Å². The van der Waals surface area contributed by atoms with Gasteiger partial charge >= 0.3 is 6.09 Å². The average Bonchev–Trinajstić information content (AvgIpc) is 2.72. The first-order chi connectivity index (χ1) is 6.86. The summed E-state index contributed by atoms with van der Waals surface area (Å²) in [5.41, 5.74) is 0. The summed E-state index contributed by atoms with van der Waals surface area (Å²) < 4.78 is 0. The highest BCUT2D eigenvalue weighted by molar-refractivity contribution is 5.67. The number of nitrogens with zero attached hydrogens (tertiary/aromatic N) is 2. The van der Waals surface area contributed by atoms with Crippen LogP contribution in [0, 0.1) is 6.42 Å². The molecule has 5 nitrogen and oxygen atoms in total. The van der Waals surface area contributed by atoms with Crippen molar-refractivity contribution >= 4 is 6.09 Å². The third-order valence-corrected chi connectivity index (χ3v) is 2.50. The molecule has 1 amide bonds. The first-order valence-electron chi connectivity index (χ1n) is 5.10. The van der Waals surface area contributed by atoms with E-state index < -0.39 is 0 Å². The summed E-state index contributed by atoms with van der Waals surface area (Å²) in [7, 11) is 0. The van der Waals surface area contributed by atoms with E-state index in [4.69, 9.17) is 4.84 Å². The highest BCUT2D eigenvalue weighted by atomic mass is 16.7. The molecule has 2 fully saturated rings. The predicted octanol–water partition coefficient (Wildman–Crippen LogP) is -0.147. The number of hydrogen-bond donors (Lipinski definition) is 1. The Labute approximate surface area is 83.9 Å². The van der Waals surface area contributed by atoms with E-state index in [9.17, 15) is 4.79 Å². The van der Waals surface area contributed by atoms with Crippen LogP contribution in [0.5, 0.6) is 0 Å². The molecular formula is C9H16N3O2. The molecule has 0 saturated carbocycles. The zero-order valence-electron chi connectivity index (χ0n) is 8.24. The van der Waals surface area contributed by atoms with Crippen molar-refractivity contribution in [3.63, 3.8) is 0 Å². The molecule has 2 aliphatic heterocycles. The van der Waals surface area contributed by atoms with Gasteiger partial charge in [-0.05, 0) is 12.8 Å². The van der Waals surface area contributed by atoms with Crippen LogP contribution < -0.4 is 5.32 Å². The number of hydroxylamine groups is 2. The minimum Gasteiger partial charge on any atom is -0.351 e. The quantitative estimate of drug-likeness (QED) is 0.636. The number of nitrogens with one attached hydrogen (secondary N) is 1. The van der Waals surface area contributed by atoms with Crippen molar-refractivity contribution in [1.82, 2.24) is 15.3 Å². The van der Waals surface area contributed by atoms with Gasteiger partial charge in [-0.2, -0.15) is 0 Å². The number of carbonyl (C=O) groups excluding carboxylic acids is 1. The SMILES string of the molecule is O=C(ON1C[CH]CC1)N1CCNCC1. The smallest absolute Gasteiger partial charge is 0.351 e. The molecule has 2 rings (SSSR count). The molecule has 1 N–H and O–H groups in total. The molecule has 0 unspecified atom stereocenters. The first-order valence-corrected chi connectivity index (χ1v) is 5.10. The lowest BCUT2D eigenvalue weighted by atomic mass is 10.4. The summed E-state index contributed by atoms with van der Waals surface area (Å²) in [6, 6.07) is 0. The Balaban J connectivity index is 1.75. The van der Waals surface area contributed by atoms with Crippen LogP contribution in [-0.4, -0.2) is 55.3 Å². The summed E-state index contributed by atoms with van der Waals surface area (Å²) in [4.78, 5) is 18.5. The zero-order chi connectivity index (χ0) is 9.80. The molecule has 0 aliphatic carbocycles. The van der Waals surface area contributed by atoms with Crippen molar-refractivity contribution < 1.29 is 9.63 Å². The molecule has 0 aromatic carbocycles. The molecule has 1 radical (unpaired) electrons. The van der Waals surface area contributed by atoms with E-state index in [1.165, 1.54) is 0 Å². The van der Waals surface area contributed by atoms with Crippen LogP contribution in [0.4, 0.5) is 4.79 Å². The normalized spacial score (nSPS) is 23.9.